The number of carbonyl (C=O) groups excluding carboxylic acids is 1. The summed E-state index contributed by atoms with van der Waals surface area (Å²) in [4.78, 5) is 20.9. The zero-order valence-corrected chi connectivity index (χ0v) is 19.4. The van der Waals surface area contributed by atoms with E-state index in [2.05, 4.69) is 20.6 Å². The molecular formula is C26H27FN4O4. The van der Waals surface area contributed by atoms with E-state index in [-0.39, 0.29) is 17.6 Å². The molecule has 9 heteroatoms. The lowest BCUT2D eigenvalue weighted by Crippen LogP contribution is -2.35. The van der Waals surface area contributed by atoms with Crippen molar-refractivity contribution in [1.29, 1.82) is 0 Å². The number of halogens is 1. The summed E-state index contributed by atoms with van der Waals surface area (Å²) in [5.41, 5.74) is 3.67. The first-order valence-corrected chi connectivity index (χ1v) is 11.6. The average molecular weight is 479 g/mol. The third-order valence-corrected chi connectivity index (χ3v) is 6.22. The molecule has 2 aliphatic heterocycles. The van der Waals surface area contributed by atoms with E-state index in [1.807, 2.05) is 18.2 Å². The van der Waals surface area contributed by atoms with Crippen molar-refractivity contribution in [3.05, 3.63) is 65.9 Å². The summed E-state index contributed by atoms with van der Waals surface area (Å²) in [6, 6.07) is 6.46. The van der Waals surface area contributed by atoms with Crippen molar-refractivity contribution in [3.8, 4) is 22.8 Å². The monoisotopic (exact) mass is 478 g/mol. The molecule has 0 fully saturated rings. The van der Waals surface area contributed by atoms with Gasteiger partial charge in [-0.3, -0.25) is 9.78 Å². The summed E-state index contributed by atoms with van der Waals surface area (Å²) in [6.07, 6.45) is 8.83. The fraction of sp³-hybridized carbons (Fsp3) is 0.308. The molecule has 2 bridgehead atoms. The number of amides is 1. The molecule has 5 rings (SSSR count). The molecule has 3 aromatic rings. The number of nitrogens with one attached hydrogen (secondary N) is 3. The van der Waals surface area contributed by atoms with E-state index in [9.17, 15) is 9.18 Å². The van der Waals surface area contributed by atoms with Gasteiger partial charge in [0.15, 0.2) is 11.6 Å². The Morgan fingerprint density at radius 1 is 1.23 bits per heavy atom. The molecule has 0 saturated carbocycles. The molecule has 1 aromatic carbocycles. The first-order valence-electron chi connectivity index (χ1n) is 11.6. The third kappa shape index (κ3) is 4.59. The Hall–Kier alpha value is -3.85. The van der Waals surface area contributed by atoms with Crippen LogP contribution in [0.3, 0.4) is 0 Å². The van der Waals surface area contributed by atoms with Crippen molar-refractivity contribution in [2.75, 3.05) is 38.8 Å². The van der Waals surface area contributed by atoms with Crippen molar-refractivity contribution >= 4 is 17.3 Å². The van der Waals surface area contributed by atoms with Crippen LogP contribution in [0.2, 0.25) is 0 Å². The Labute approximate surface area is 202 Å². The number of pyridine rings is 1. The molecule has 3 N–H and O–H groups in total. The number of para-hydroxylation sites is 1. The third-order valence-electron chi connectivity index (χ3n) is 6.22. The lowest BCUT2D eigenvalue weighted by Gasteiger charge is -2.24. The fourth-order valence-electron chi connectivity index (χ4n) is 4.55. The van der Waals surface area contributed by atoms with E-state index in [0.29, 0.717) is 54.7 Å². The lowest BCUT2D eigenvalue weighted by atomic mass is 9.92. The molecule has 1 amide bonds. The van der Waals surface area contributed by atoms with Crippen LogP contribution in [0.4, 0.5) is 15.8 Å². The molecule has 0 spiro atoms. The van der Waals surface area contributed by atoms with Gasteiger partial charge >= 0.3 is 0 Å². The number of nitrogens with zero attached hydrogens (tertiary/aromatic N) is 1. The highest BCUT2D eigenvalue weighted by Gasteiger charge is 2.33. The van der Waals surface area contributed by atoms with Crippen molar-refractivity contribution in [3.63, 3.8) is 0 Å². The summed E-state index contributed by atoms with van der Waals surface area (Å²) < 4.78 is 31.5. The topological polar surface area (TPSA) is 97.5 Å². The Morgan fingerprint density at radius 2 is 2.11 bits per heavy atom. The van der Waals surface area contributed by atoms with Gasteiger partial charge in [-0.1, -0.05) is 12.1 Å². The Kier molecular flexibility index (Phi) is 6.67. The van der Waals surface area contributed by atoms with E-state index in [1.165, 1.54) is 13.2 Å². The normalized spacial score (nSPS) is 18.8. The standard InChI is InChI=1S/C26H27FN4O4/c1-33-25-18(27)7-4-8-19(25)30-24-21-22-16(14-29-26(21)32)6-5-12-34-11-2-3-13-35-20-15-28-10-9-17(20)23(24)31-22/h2-4,7-10,15-16,30-31H,5-6,11-14H2,1H3,(H,29,32)/b3-2+. The summed E-state index contributed by atoms with van der Waals surface area (Å²) in [7, 11) is 1.41. The summed E-state index contributed by atoms with van der Waals surface area (Å²) in [5.74, 6) is -0.00941. The van der Waals surface area contributed by atoms with Gasteiger partial charge in [-0.05, 0) is 37.1 Å². The second kappa shape index (κ2) is 10.2. The van der Waals surface area contributed by atoms with E-state index < -0.39 is 5.82 Å². The molecule has 0 radical (unpaired) electrons. The van der Waals surface area contributed by atoms with Crippen LogP contribution >= 0.6 is 0 Å². The number of aromatic amines is 1. The van der Waals surface area contributed by atoms with Crippen molar-refractivity contribution in [2.24, 2.45) is 0 Å². The fourth-order valence-corrected chi connectivity index (χ4v) is 4.55. The second-order valence-electron chi connectivity index (χ2n) is 8.39. The van der Waals surface area contributed by atoms with Gasteiger partial charge < -0.3 is 29.8 Å². The molecule has 4 heterocycles. The minimum absolute atomic E-state index is 0.0665. The summed E-state index contributed by atoms with van der Waals surface area (Å²) >= 11 is 0. The zero-order valence-electron chi connectivity index (χ0n) is 19.4. The van der Waals surface area contributed by atoms with Gasteiger partial charge in [-0.2, -0.15) is 0 Å². The number of aromatic nitrogens is 2. The summed E-state index contributed by atoms with van der Waals surface area (Å²) in [5, 5.41) is 6.29. The molecule has 1 atom stereocenters. The lowest BCUT2D eigenvalue weighted by molar-refractivity contribution is 0.0938. The maximum absolute atomic E-state index is 14.5. The number of anilines is 2. The van der Waals surface area contributed by atoms with Crippen LogP contribution in [0, 0.1) is 5.82 Å². The highest BCUT2D eigenvalue weighted by molar-refractivity contribution is 6.07. The number of ether oxygens (including phenoxy) is 3. The van der Waals surface area contributed by atoms with E-state index in [1.54, 1.807) is 24.5 Å². The zero-order chi connectivity index (χ0) is 24.2. The van der Waals surface area contributed by atoms with Gasteiger partial charge in [0.25, 0.3) is 5.91 Å². The molecule has 2 aromatic heterocycles. The van der Waals surface area contributed by atoms with Crippen LogP contribution in [0.1, 0.15) is 34.8 Å². The number of fused-ring (bicyclic) bond motifs is 3. The molecule has 182 valence electrons. The average Bonchev–Trinajstić information content (AvgIpc) is 3.24. The number of benzene rings is 1. The Balaban J connectivity index is 1.69. The van der Waals surface area contributed by atoms with Crippen LogP contribution in [-0.2, 0) is 4.74 Å². The quantitative estimate of drug-likeness (QED) is 0.478. The second-order valence-corrected chi connectivity index (χ2v) is 8.39. The molecule has 8 nitrogen and oxygen atoms in total. The number of hydrogen-bond donors (Lipinski definition) is 3. The molecule has 2 aliphatic rings. The van der Waals surface area contributed by atoms with Crippen LogP contribution in [-0.4, -0.2) is 49.4 Å². The number of carbonyl (C=O) groups is 1. The SMILES string of the molecule is COc1c(F)cccc1Nc1c2[nH]c3c1C(=O)NCC3CCCOC/C=C/COc1cnccc1-2. The maximum Gasteiger partial charge on any atom is 0.255 e. The van der Waals surface area contributed by atoms with E-state index >= 15 is 0 Å². The van der Waals surface area contributed by atoms with Crippen molar-refractivity contribution < 1.29 is 23.4 Å². The van der Waals surface area contributed by atoms with Crippen LogP contribution in [0.15, 0.2) is 48.8 Å². The number of rotatable bonds is 3. The smallest absolute Gasteiger partial charge is 0.255 e. The van der Waals surface area contributed by atoms with Gasteiger partial charge in [0.05, 0.1) is 42.5 Å². The van der Waals surface area contributed by atoms with Gasteiger partial charge in [-0.25, -0.2) is 4.39 Å². The van der Waals surface area contributed by atoms with Gasteiger partial charge in [0.2, 0.25) is 0 Å². The first kappa shape index (κ1) is 22.9. The summed E-state index contributed by atoms with van der Waals surface area (Å²) in [6.45, 7) is 2.00. The largest absolute Gasteiger partial charge is 0.492 e. The predicted octanol–water partition coefficient (Wildman–Crippen LogP) is 4.54. The van der Waals surface area contributed by atoms with Crippen LogP contribution < -0.4 is 20.1 Å². The maximum atomic E-state index is 14.5. The molecular weight excluding hydrogens is 451 g/mol. The number of hydrogen-bond acceptors (Lipinski definition) is 6. The van der Waals surface area contributed by atoms with E-state index in [0.717, 1.165) is 24.1 Å². The highest BCUT2D eigenvalue weighted by atomic mass is 19.1. The van der Waals surface area contributed by atoms with Crippen LogP contribution in [0.5, 0.6) is 11.5 Å². The van der Waals surface area contributed by atoms with Gasteiger partial charge in [0, 0.05) is 36.5 Å². The van der Waals surface area contributed by atoms with Gasteiger partial charge in [-0.15, -0.1) is 0 Å². The minimum atomic E-state index is -0.500. The Bertz CT molecular complexity index is 1260. The minimum Gasteiger partial charge on any atom is -0.492 e. The highest BCUT2D eigenvalue weighted by Crippen LogP contribution is 2.44. The number of methoxy groups -OCH3 is 1. The molecule has 0 aliphatic carbocycles. The first-order chi connectivity index (χ1) is 17.2. The number of H-pyrrole nitrogens is 1. The van der Waals surface area contributed by atoms with Crippen molar-refractivity contribution in [2.45, 2.75) is 18.8 Å². The van der Waals surface area contributed by atoms with Crippen LogP contribution in [0.25, 0.3) is 11.3 Å². The molecule has 0 saturated heterocycles. The predicted molar refractivity (Wildman–Crippen MR) is 130 cm³/mol. The van der Waals surface area contributed by atoms with Gasteiger partial charge in [0.1, 0.15) is 12.4 Å². The Morgan fingerprint density at radius 3 is 3.00 bits per heavy atom. The molecule has 1 unspecified atom stereocenters. The molecule has 35 heavy (non-hydrogen) atoms. The van der Waals surface area contributed by atoms with Crippen molar-refractivity contribution in [1.82, 2.24) is 15.3 Å². The van der Waals surface area contributed by atoms with E-state index in [4.69, 9.17) is 14.2 Å².